The fourth-order valence-electron chi connectivity index (χ4n) is 2.91. The van der Waals surface area contributed by atoms with Crippen LogP contribution in [0, 0.1) is 0 Å². The van der Waals surface area contributed by atoms with Crippen molar-refractivity contribution in [2.24, 2.45) is 0 Å². The van der Waals surface area contributed by atoms with Gasteiger partial charge < -0.3 is 15.5 Å². The Morgan fingerprint density at radius 2 is 1.11 bits per heavy atom. The fraction of sp³-hybridized carbons (Fsp3) is 0.263. The summed E-state index contributed by atoms with van der Waals surface area (Å²) in [5, 5.41) is 0. The van der Waals surface area contributed by atoms with E-state index in [1.54, 1.807) is 29.2 Å². The Kier molecular flexibility index (Phi) is 6.56. The second-order valence-electron chi connectivity index (χ2n) is 6.28. The average molecular weight is 414 g/mol. The molecule has 3 rings (SSSR count). The maximum atomic E-state index is 12.6. The van der Waals surface area contributed by atoms with Crippen molar-refractivity contribution in [3.8, 4) is 0 Å². The molecule has 28 heavy (non-hydrogen) atoms. The van der Waals surface area contributed by atoms with E-state index in [1.807, 2.05) is 0 Å². The molecule has 2 aromatic carbocycles. The van der Waals surface area contributed by atoms with E-state index < -0.39 is 11.7 Å². The van der Waals surface area contributed by atoms with Crippen molar-refractivity contribution in [2.45, 2.75) is 6.18 Å². The number of carbonyl (C=O) groups is 2. The van der Waals surface area contributed by atoms with Gasteiger partial charge in [-0.3, -0.25) is 9.59 Å². The molecule has 1 saturated heterocycles. The number of amides is 2. The van der Waals surface area contributed by atoms with Gasteiger partial charge in [-0.05, 0) is 48.5 Å². The maximum Gasteiger partial charge on any atom is 0.416 e. The van der Waals surface area contributed by atoms with Crippen LogP contribution in [0.5, 0.6) is 0 Å². The molecule has 0 aliphatic carbocycles. The van der Waals surface area contributed by atoms with Gasteiger partial charge in [0, 0.05) is 43.0 Å². The quantitative estimate of drug-likeness (QED) is 0.768. The van der Waals surface area contributed by atoms with Gasteiger partial charge in [0.2, 0.25) is 0 Å². The van der Waals surface area contributed by atoms with Gasteiger partial charge in [-0.2, -0.15) is 13.2 Å². The summed E-state index contributed by atoms with van der Waals surface area (Å²) in [5.74, 6) is -0.486. The maximum absolute atomic E-state index is 12.6. The van der Waals surface area contributed by atoms with E-state index in [1.165, 1.54) is 17.0 Å². The van der Waals surface area contributed by atoms with Crippen molar-refractivity contribution in [1.82, 2.24) is 9.80 Å². The molecule has 0 bridgehead atoms. The Hall–Kier alpha value is -2.74. The first-order valence-corrected chi connectivity index (χ1v) is 8.37. The van der Waals surface area contributed by atoms with Crippen LogP contribution in [0.2, 0.25) is 0 Å². The zero-order valence-corrected chi connectivity index (χ0v) is 15.6. The van der Waals surface area contributed by atoms with E-state index in [4.69, 9.17) is 5.73 Å². The highest BCUT2D eigenvalue weighted by atomic mass is 35.5. The summed E-state index contributed by atoms with van der Waals surface area (Å²) < 4.78 is 37.8. The van der Waals surface area contributed by atoms with Gasteiger partial charge in [0.15, 0.2) is 0 Å². The predicted octanol–water partition coefficient (Wildman–Crippen LogP) is 3.31. The third-order valence-corrected chi connectivity index (χ3v) is 4.47. The molecule has 2 aromatic rings. The largest absolute Gasteiger partial charge is 0.416 e. The summed E-state index contributed by atoms with van der Waals surface area (Å²) >= 11 is 0. The van der Waals surface area contributed by atoms with E-state index in [-0.39, 0.29) is 29.8 Å². The molecule has 0 atom stereocenters. The lowest BCUT2D eigenvalue weighted by Gasteiger charge is -2.35. The first-order chi connectivity index (χ1) is 12.8. The number of anilines is 1. The van der Waals surface area contributed by atoms with Gasteiger partial charge in [-0.25, -0.2) is 0 Å². The van der Waals surface area contributed by atoms with E-state index in [2.05, 4.69) is 0 Å². The second kappa shape index (κ2) is 8.52. The van der Waals surface area contributed by atoms with E-state index in [0.717, 1.165) is 12.1 Å². The number of carbonyl (C=O) groups excluding carboxylic acids is 2. The summed E-state index contributed by atoms with van der Waals surface area (Å²) in [6.45, 7) is 1.35. The topological polar surface area (TPSA) is 66.6 Å². The molecule has 0 saturated carbocycles. The van der Waals surface area contributed by atoms with Crippen LogP contribution in [0.15, 0.2) is 48.5 Å². The van der Waals surface area contributed by atoms with Crippen LogP contribution < -0.4 is 5.73 Å². The van der Waals surface area contributed by atoms with E-state index in [0.29, 0.717) is 37.4 Å². The standard InChI is InChI=1S/C19H18F3N3O2.ClH/c20-19(21,22)15-5-1-13(2-6-15)17(26)24-9-11-25(12-10-24)18(27)14-3-7-16(23)8-4-14;/h1-8H,9-12,23H2;1H. The highest BCUT2D eigenvalue weighted by Crippen LogP contribution is 2.29. The smallest absolute Gasteiger partial charge is 0.399 e. The van der Waals surface area contributed by atoms with Gasteiger partial charge in [-0.1, -0.05) is 0 Å². The third kappa shape index (κ3) is 4.75. The zero-order valence-electron chi connectivity index (χ0n) is 14.8. The monoisotopic (exact) mass is 413 g/mol. The van der Waals surface area contributed by atoms with Crippen LogP contribution in [-0.2, 0) is 6.18 Å². The lowest BCUT2D eigenvalue weighted by molar-refractivity contribution is -0.137. The Morgan fingerprint density at radius 1 is 0.750 bits per heavy atom. The molecule has 0 radical (unpaired) electrons. The molecule has 0 spiro atoms. The van der Waals surface area contributed by atoms with Crippen LogP contribution in [0.3, 0.4) is 0 Å². The van der Waals surface area contributed by atoms with Gasteiger partial charge in [0.1, 0.15) is 0 Å². The first-order valence-electron chi connectivity index (χ1n) is 8.37. The molecule has 0 unspecified atom stereocenters. The predicted molar refractivity (Wildman–Crippen MR) is 101 cm³/mol. The van der Waals surface area contributed by atoms with Crippen LogP contribution in [0.25, 0.3) is 0 Å². The van der Waals surface area contributed by atoms with Gasteiger partial charge >= 0.3 is 6.18 Å². The highest BCUT2D eigenvalue weighted by molar-refractivity contribution is 5.96. The highest BCUT2D eigenvalue weighted by Gasteiger charge is 2.31. The van der Waals surface area contributed by atoms with Crippen LogP contribution in [-0.4, -0.2) is 47.8 Å². The Labute approximate surface area is 166 Å². The van der Waals surface area contributed by atoms with Gasteiger partial charge in [0.25, 0.3) is 11.8 Å². The zero-order chi connectivity index (χ0) is 19.6. The molecule has 1 fully saturated rings. The number of nitrogen functional groups attached to an aromatic ring is 1. The van der Waals surface area contributed by atoms with Crippen molar-refractivity contribution in [1.29, 1.82) is 0 Å². The lowest BCUT2D eigenvalue weighted by Crippen LogP contribution is -2.50. The fourth-order valence-corrected chi connectivity index (χ4v) is 2.91. The van der Waals surface area contributed by atoms with Crippen molar-refractivity contribution < 1.29 is 22.8 Å². The molecule has 2 N–H and O–H groups in total. The molecular formula is C19H19ClF3N3O2. The van der Waals surface area contributed by atoms with Gasteiger partial charge in [-0.15, -0.1) is 12.4 Å². The van der Waals surface area contributed by atoms with Crippen molar-refractivity contribution >= 4 is 29.9 Å². The Balaban J connectivity index is 0.00000280. The molecule has 150 valence electrons. The number of nitrogens with two attached hydrogens (primary N) is 1. The number of benzene rings is 2. The van der Waals surface area contributed by atoms with E-state index >= 15 is 0 Å². The second-order valence-corrected chi connectivity index (χ2v) is 6.28. The number of halogens is 4. The van der Waals surface area contributed by atoms with Crippen LogP contribution in [0.4, 0.5) is 18.9 Å². The summed E-state index contributed by atoms with van der Waals surface area (Å²) in [4.78, 5) is 28.1. The van der Waals surface area contributed by atoms with Crippen molar-refractivity contribution in [2.75, 3.05) is 31.9 Å². The number of piperazine rings is 1. The summed E-state index contributed by atoms with van der Waals surface area (Å²) in [7, 11) is 0. The molecule has 1 heterocycles. The molecule has 2 amide bonds. The molecule has 5 nitrogen and oxygen atoms in total. The number of rotatable bonds is 2. The summed E-state index contributed by atoms with van der Waals surface area (Å²) in [6, 6.07) is 10.8. The third-order valence-electron chi connectivity index (χ3n) is 4.47. The minimum absolute atomic E-state index is 0. The molecule has 0 aromatic heterocycles. The number of nitrogens with zero attached hydrogens (tertiary/aromatic N) is 2. The SMILES string of the molecule is Cl.Nc1ccc(C(=O)N2CCN(C(=O)c3ccc(C(F)(F)F)cc3)CC2)cc1. The molecule has 1 aliphatic rings. The van der Waals surface area contributed by atoms with Crippen molar-refractivity contribution in [3.63, 3.8) is 0 Å². The Morgan fingerprint density at radius 3 is 1.46 bits per heavy atom. The van der Waals surface area contributed by atoms with Crippen molar-refractivity contribution in [3.05, 3.63) is 65.2 Å². The first kappa shape index (κ1) is 21.6. The lowest BCUT2D eigenvalue weighted by atomic mass is 10.1. The molecule has 1 aliphatic heterocycles. The van der Waals surface area contributed by atoms with Crippen LogP contribution >= 0.6 is 12.4 Å². The molecular weight excluding hydrogens is 395 g/mol. The van der Waals surface area contributed by atoms with Crippen LogP contribution in [0.1, 0.15) is 26.3 Å². The summed E-state index contributed by atoms with van der Waals surface area (Å²) in [6.07, 6.45) is -4.43. The summed E-state index contributed by atoms with van der Waals surface area (Å²) in [5.41, 5.74) is 6.10. The van der Waals surface area contributed by atoms with Gasteiger partial charge in [0.05, 0.1) is 5.56 Å². The normalized spacial score (nSPS) is 14.4. The number of alkyl halides is 3. The molecule has 9 heteroatoms. The number of hydrogen-bond acceptors (Lipinski definition) is 3. The number of hydrogen-bond donors (Lipinski definition) is 1. The minimum atomic E-state index is -4.43. The average Bonchev–Trinajstić information content (AvgIpc) is 2.67. The van der Waals surface area contributed by atoms with E-state index in [9.17, 15) is 22.8 Å². The Bertz CT molecular complexity index is 831. The minimum Gasteiger partial charge on any atom is -0.399 e.